The minimum atomic E-state index is -0.171. The zero-order valence-corrected chi connectivity index (χ0v) is 26.7. The van der Waals surface area contributed by atoms with Crippen LogP contribution in [0, 0.1) is 10.8 Å². The molecule has 0 amide bonds. The van der Waals surface area contributed by atoms with E-state index in [0.29, 0.717) is 18.1 Å². The van der Waals surface area contributed by atoms with Gasteiger partial charge in [-0.15, -0.1) is 0 Å². The summed E-state index contributed by atoms with van der Waals surface area (Å²) in [6, 6.07) is 20.7. The average Bonchev–Trinajstić information content (AvgIpc) is 3.99. The lowest BCUT2D eigenvalue weighted by molar-refractivity contribution is 0.249. The summed E-state index contributed by atoms with van der Waals surface area (Å²) >= 11 is 0. The molecule has 3 heterocycles. The number of para-hydroxylation sites is 1. The molecule has 0 radical (unpaired) electrons. The van der Waals surface area contributed by atoms with Crippen molar-refractivity contribution >= 4 is 22.4 Å². The molecule has 3 fully saturated rings. The largest absolute Gasteiger partial charge is 0.493 e. The summed E-state index contributed by atoms with van der Waals surface area (Å²) in [6.07, 6.45) is 10.0. The Morgan fingerprint density at radius 3 is 2.48 bits per heavy atom. The Kier molecular flexibility index (Phi) is 8.17. The van der Waals surface area contributed by atoms with Gasteiger partial charge in [0, 0.05) is 72.0 Å². The van der Waals surface area contributed by atoms with Crippen LogP contribution in [-0.2, 0) is 6.42 Å². The minimum absolute atomic E-state index is 0.171. The van der Waals surface area contributed by atoms with Crippen molar-refractivity contribution in [3.05, 3.63) is 109 Å². The van der Waals surface area contributed by atoms with E-state index in [1.165, 1.54) is 12.8 Å². The Morgan fingerprint density at radius 1 is 0.978 bits per heavy atom. The second-order valence-corrected chi connectivity index (χ2v) is 13.3. The molecule has 0 unspecified atom stereocenters. The Morgan fingerprint density at radius 2 is 1.78 bits per heavy atom. The number of aromatic nitrogens is 2. The van der Waals surface area contributed by atoms with Gasteiger partial charge in [-0.05, 0) is 85.4 Å². The highest BCUT2D eigenvalue weighted by atomic mass is 16.5. The van der Waals surface area contributed by atoms with Crippen molar-refractivity contribution in [1.29, 1.82) is 0 Å². The molecule has 1 spiro atoms. The Labute approximate surface area is 271 Å². The van der Waals surface area contributed by atoms with E-state index in [0.717, 1.165) is 102 Å². The Hall–Kier alpha value is -4.40. The first-order chi connectivity index (χ1) is 22.4. The van der Waals surface area contributed by atoms with Crippen LogP contribution >= 0.6 is 0 Å². The maximum atomic E-state index is 6.37. The summed E-state index contributed by atoms with van der Waals surface area (Å²) in [4.78, 5) is 11.9. The lowest BCUT2D eigenvalue weighted by atomic mass is 9.99. The summed E-state index contributed by atoms with van der Waals surface area (Å²) < 4.78 is 12.0. The van der Waals surface area contributed by atoms with Gasteiger partial charge in [0.25, 0.3) is 0 Å². The summed E-state index contributed by atoms with van der Waals surface area (Å²) in [5.41, 5.74) is 12.7. The molecule has 4 aromatic rings. The van der Waals surface area contributed by atoms with Crippen LogP contribution in [0.2, 0.25) is 0 Å². The molecule has 7 rings (SSSR count). The molecule has 1 atom stereocenters. The van der Waals surface area contributed by atoms with E-state index in [-0.39, 0.29) is 5.41 Å². The lowest BCUT2D eigenvalue weighted by Crippen LogP contribution is -2.30. The molecular weight excluding hydrogens is 572 g/mol. The fourth-order valence-electron chi connectivity index (χ4n) is 6.89. The third-order valence-corrected chi connectivity index (χ3v) is 10.1. The van der Waals surface area contributed by atoms with Crippen LogP contribution in [0.5, 0.6) is 11.5 Å². The number of nitrogens with one attached hydrogen (secondary N) is 2. The molecule has 1 aliphatic heterocycles. The molecule has 1 saturated heterocycles. The topological polar surface area (TPSA) is 97.6 Å². The molecule has 3 aliphatic rings. The second kappa shape index (κ2) is 12.4. The zero-order chi connectivity index (χ0) is 31.7. The molecule has 2 saturated carbocycles. The van der Waals surface area contributed by atoms with Gasteiger partial charge in [0.1, 0.15) is 5.82 Å². The first-order valence-electron chi connectivity index (χ1n) is 16.4. The van der Waals surface area contributed by atoms with Crippen molar-refractivity contribution in [2.45, 2.75) is 44.6 Å². The number of methoxy groups -OCH3 is 1. The van der Waals surface area contributed by atoms with Crippen molar-refractivity contribution in [3.63, 3.8) is 0 Å². The maximum Gasteiger partial charge on any atom is 0.163 e. The standard InChI is InChI=1S/C38H44N6O2/c1-26(42-30-8-5-4-6-9-30)38(15-16-38)27(2)43-36-11-10-28(23-41-36)20-29-12-17-40-32-22-34(33(45-3)21-31(29)32)46-19-7-18-44-24-35(39)37(25-44)13-14-37/h4-6,8-12,17,21-23,35,42H,1-2,7,13-16,18-20,24-25,39H2,3H3,(H,41,43)/t35-/m0/s1. The van der Waals surface area contributed by atoms with Gasteiger partial charge in [-0.3, -0.25) is 4.98 Å². The molecule has 0 bridgehead atoms. The Balaban J connectivity index is 0.964. The summed E-state index contributed by atoms with van der Waals surface area (Å²) in [5, 5.41) is 7.95. The molecule has 2 aromatic carbocycles. The molecule has 2 aromatic heterocycles. The van der Waals surface area contributed by atoms with Crippen molar-refractivity contribution in [2.75, 3.05) is 44.0 Å². The van der Waals surface area contributed by atoms with Gasteiger partial charge in [-0.25, -0.2) is 4.98 Å². The fraction of sp³-hybridized carbons (Fsp3) is 0.368. The third-order valence-electron chi connectivity index (χ3n) is 10.1. The molecule has 2 aliphatic carbocycles. The number of hydrogen-bond acceptors (Lipinski definition) is 8. The number of benzene rings is 2. The van der Waals surface area contributed by atoms with Gasteiger partial charge in [-0.2, -0.15) is 0 Å². The van der Waals surface area contributed by atoms with Crippen molar-refractivity contribution in [2.24, 2.45) is 16.6 Å². The second-order valence-electron chi connectivity index (χ2n) is 13.3. The number of likely N-dealkylation sites (tertiary alicyclic amines) is 1. The number of hydrogen-bond donors (Lipinski definition) is 3. The van der Waals surface area contributed by atoms with E-state index < -0.39 is 0 Å². The van der Waals surface area contributed by atoms with Crippen LogP contribution in [-0.4, -0.2) is 54.3 Å². The normalized spacial score (nSPS) is 19.1. The van der Waals surface area contributed by atoms with E-state index >= 15 is 0 Å². The van der Waals surface area contributed by atoms with E-state index in [4.69, 9.17) is 20.2 Å². The molecule has 8 heteroatoms. The first kappa shape index (κ1) is 30.3. The van der Waals surface area contributed by atoms with Crippen LogP contribution < -0.4 is 25.8 Å². The molecule has 46 heavy (non-hydrogen) atoms. The van der Waals surface area contributed by atoms with Crippen molar-refractivity contribution in [3.8, 4) is 11.5 Å². The van der Waals surface area contributed by atoms with Crippen molar-refractivity contribution < 1.29 is 9.47 Å². The molecular formula is C38H44N6O2. The number of ether oxygens (including phenoxy) is 2. The molecule has 238 valence electrons. The summed E-state index contributed by atoms with van der Waals surface area (Å²) in [5.74, 6) is 2.22. The van der Waals surface area contributed by atoms with Gasteiger partial charge in [0.05, 0.1) is 19.2 Å². The van der Waals surface area contributed by atoms with Gasteiger partial charge in [0.2, 0.25) is 0 Å². The lowest BCUT2D eigenvalue weighted by Gasteiger charge is -2.23. The average molecular weight is 617 g/mol. The van der Waals surface area contributed by atoms with Crippen LogP contribution in [0.15, 0.2) is 97.6 Å². The summed E-state index contributed by atoms with van der Waals surface area (Å²) in [7, 11) is 1.69. The highest BCUT2D eigenvalue weighted by Gasteiger charge is 2.53. The van der Waals surface area contributed by atoms with E-state index in [1.807, 2.05) is 60.9 Å². The van der Waals surface area contributed by atoms with Gasteiger partial charge < -0.3 is 30.7 Å². The van der Waals surface area contributed by atoms with E-state index in [1.54, 1.807) is 7.11 Å². The quantitative estimate of drug-likeness (QED) is 0.134. The van der Waals surface area contributed by atoms with Crippen LogP contribution in [0.3, 0.4) is 0 Å². The number of rotatable bonds is 14. The number of anilines is 2. The van der Waals surface area contributed by atoms with Crippen LogP contribution in [0.4, 0.5) is 11.5 Å². The van der Waals surface area contributed by atoms with Gasteiger partial charge >= 0.3 is 0 Å². The number of nitrogens with two attached hydrogens (primary N) is 1. The maximum absolute atomic E-state index is 6.37. The number of nitrogens with zero attached hydrogens (tertiary/aromatic N) is 3. The number of pyridine rings is 2. The van der Waals surface area contributed by atoms with E-state index in [2.05, 4.69) is 45.8 Å². The predicted octanol–water partition coefficient (Wildman–Crippen LogP) is 6.75. The summed E-state index contributed by atoms with van der Waals surface area (Å²) in [6.45, 7) is 12.5. The van der Waals surface area contributed by atoms with Crippen LogP contribution in [0.25, 0.3) is 10.9 Å². The fourth-order valence-corrected chi connectivity index (χ4v) is 6.89. The SMILES string of the molecule is C=C(Nc1ccccc1)C1(C(=C)Nc2ccc(Cc3ccnc4cc(OCCCN5C[C@H](N)C6(CC6)C5)c(OC)cc34)cn2)CC1. The van der Waals surface area contributed by atoms with Gasteiger partial charge in [-0.1, -0.05) is 37.4 Å². The monoisotopic (exact) mass is 616 g/mol. The highest BCUT2D eigenvalue weighted by Crippen LogP contribution is 2.56. The Bertz CT molecular complexity index is 1730. The highest BCUT2D eigenvalue weighted by molar-refractivity contribution is 5.86. The molecule has 8 nitrogen and oxygen atoms in total. The number of fused-ring (bicyclic) bond motifs is 1. The minimum Gasteiger partial charge on any atom is -0.493 e. The smallest absolute Gasteiger partial charge is 0.163 e. The zero-order valence-electron chi connectivity index (χ0n) is 26.7. The third kappa shape index (κ3) is 6.19. The van der Waals surface area contributed by atoms with Crippen molar-refractivity contribution in [1.82, 2.24) is 14.9 Å². The van der Waals surface area contributed by atoms with E-state index in [9.17, 15) is 0 Å². The predicted molar refractivity (Wildman–Crippen MR) is 185 cm³/mol. The first-order valence-corrected chi connectivity index (χ1v) is 16.4. The van der Waals surface area contributed by atoms with Gasteiger partial charge in [0.15, 0.2) is 11.5 Å². The molecule has 4 N–H and O–H groups in total. The van der Waals surface area contributed by atoms with Crippen LogP contribution in [0.1, 0.15) is 43.2 Å².